The largest absolute Gasteiger partial charge is 0.507 e. The van der Waals surface area contributed by atoms with E-state index in [-0.39, 0.29) is 11.3 Å². The zero-order chi connectivity index (χ0) is 25.2. The van der Waals surface area contributed by atoms with Gasteiger partial charge in [0.25, 0.3) is 11.8 Å². The average Bonchev–Trinajstić information content (AvgIpc) is 3.32. The van der Waals surface area contributed by atoms with Crippen LogP contribution in [0.5, 0.6) is 11.6 Å². The third-order valence-corrected chi connectivity index (χ3v) is 5.71. The number of hydrogen-bond acceptors (Lipinski definition) is 6. The van der Waals surface area contributed by atoms with Gasteiger partial charge >= 0.3 is 0 Å². The highest BCUT2D eigenvalue weighted by molar-refractivity contribution is 6.09. The van der Waals surface area contributed by atoms with Crippen LogP contribution in [0.2, 0.25) is 0 Å². The molecule has 9 heteroatoms. The molecule has 0 spiro atoms. The Labute approximate surface area is 205 Å². The van der Waals surface area contributed by atoms with Crippen LogP contribution >= 0.6 is 0 Å². The molecule has 3 aromatic carbocycles. The number of para-hydroxylation sites is 1. The number of ether oxygens (including phenoxy) is 1. The topological polar surface area (TPSA) is 143 Å². The number of benzene rings is 3. The molecule has 178 valence electrons. The molecular weight excluding hydrogens is 458 g/mol. The number of nitrogens with zero attached hydrogens (tertiary/aromatic N) is 2. The van der Waals surface area contributed by atoms with E-state index in [9.17, 15) is 14.7 Å². The third-order valence-electron chi connectivity index (χ3n) is 5.71. The second-order valence-corrected chi connectivity index (χ2v) is 7.97. The number of anilines is 1. The highest BCUT2D eigenvalue weighted by Crippen LogP contribution is 2.35. The SMILES string of the molecule is COc1ncccc1-c1ccc(O)c(-c2nc3cc(C(=O)Nc4ccccc4C(N)=O)ccc3[nH]2)c1. The van der Waals surface area contributed by atoms with E-state index in [1.165, 1.54) is 0 Å². The fourth-order valence-corrected chi connectivity index (χ4v) is 3.94. The molecule has 2 aromatic heterocycles. The van der Waals surface area contributed by atoms with Crippen molar-refractivity contribution in [1.29, 1.82) is 0 Å². The normalized spacial score (nSPS) is 10.8. The van der Waals surface area contributed by atoms with E-state index in [4.69, 9.17) is 10.5 Å². The summed E-state index contributed by atoms with van der Waals surface area (Å²) in [4.78, 5) is 36.5. The first-order valence-corrected chi connectivity index (χ1v) is 11.0. The molecular formula is C27H21N5O4. The number of nitrogens with two attached hydrogens (primary N) is 1. The monoisotopic (exact) mass is 479 g/mol. The number of phenolic OH excluding ortho intramolecular Hbond substituents is 1. The molecule has 0 aliphatic heterocycles. The number of primary amides is 1. The third kappa shape index (κ3) is 4.21. The van der Waals surface area contributed by atoms with Gasteiger partial charge in [-0.05, 0) is 60.2 Å². The second kappa shape index (κ2) is 9.22. The molecule has 5 N–H and O–H groups in total. The number of nitrogens with one attached hydrogen (secondary N) is 2. The van der Waals surface area contributed by atoms with Gasteiger partial charge in [0.05, 0.1) is 35.0 Å². The fourth-order valence-electron chi connectivity index (χ4n) is 3.94. The number of pyridine rings is 1. The minimum atomic E-state index is -0.635. The van der Waals surface area contributed by atoms with Crippen molar-refractivity contribution in [1.82, 2.24) is 15.0 Å². The average molecular weight is 479 g/mol. The van der Waals surface area contributed by atoms with E-state index in [0.717, 1.165) is 11.1 Å². The van der Waals surface area contributed by atoms with Gasteiger partial charge in [-0.1, -0.05) is 18.2 Å². The minimum absolute atomic E-state index is 0.0432. The number of carbonyl (C=O) groups is 2. The van der Waals surface area contributed by atoms with Crippen molar-refractivity contribution < 1.29 is 19.4 Å². The van der Waals surface area contributed by atoms with Crippen LogP contribution in [0.1, 0.15) is 20.7 Å². The number of amides is 2. The maximum absolute atomic E-state index is 12.9. The Bertz CT molecular complexity index is 1630. The molecule has 0 aliphatic rings. The van der Waals surface area contributed by atoms with Gasteiger partial charge in [-0.15, -0.1) is 0 Å². The standard InChI is InChI=1S/C27H21N5O4/c1-36-27-17(6-4-12-29-27)15-9-11-23(33)19(13-15)25-30-21-10-8-16(14-22(21)31-25)26(35)32-20-7-3-2-5-18(20)24(28)34/h2-14,33H,1H3,(H2,28,34)(H,30,31)(H,32,35). The van der Waals surface area contributed by atoms with Gasteiger partial charge in [0.1, 0.15) is 11.6 Å². The number of fused-ring (bicyclic) bond motifs is 1. The molecule has 0 bridgehead atoms. The number of methoxy groups -OCH3 is 1. The van der Waals surface area contributed by atoms with Crippen molar-refractivity contribution in [3.05, 3.63) is 90.1 Å². The van der Waals surface area contributed by atoms with Crippen LogP contribution in [0, 0.1) is 0 Å². The van der Waals surface area contributed by atoms with Crippen LogP contribution in [0.3, 0.4) is 0 Å². The van der Waals surface area contributed by atoms with Crippen molar-refractivity contribution in [2.45, 2.75) is 0 Å². The van der Waals surface area contributed by atoms with E-state index < -0.39 is 11.8 Å². The second-order valence-electron chi connectivity index (χ2n) is 7.97. The molecule has 0 radical (unpaired) electrons. The lowest BCUT2D eigenvalue weighted by Gasteiger charge is -2.09. The molecule has 36 heavy (non-hydrogen) atoms. The Morgan fingerprint density at radius 3 is 2.64 bits per heavy atom. The Balaban J connectivity index is 1.48. The lowest BCUT2D eigenvalue weighted by Crippen LogP contribution is -2.18. The van der Waals surface area contributed by atoms with Gasteiger partial charge in [-0.3, -0.25) is 9.59 Å². The number of aromatic amines is 1. The summed E-state index contributed by atoms with van der Waals surface area (Å²) in [6, 6.07) is 20.3. The summed E-state index contributed by atoms with van der Waals surface area (Å²) in [5, 5.41) is 13.3. The molecule has 0 atom stereocenters. The predicted octanol–water partition coefficient (Wildman–Crippen LogP) is 4.36. The number of hydrogen-bond donors (Lipinski definition) is 4. The summed E-state index contributed by atoms with van der Waals surface area (Å²) in [5.74, 6) is -0.106. The predicted molar refractivity (Wildman–Crippen MR) is 136 cm³/mol. The van der Waals surface area contributed by atoms with E-state index >= 15 is 0 Å². The molecule has 5 aromatic rings. The molecule has 0 unspecified atom stereocenters. The number of aromatic hydroxyl groups is 1. The zero-order valence-corrected chi connectivity index (χ0v) is 19.1. The van der Waals surface area contributed by atoms with Gasteiger partial charge in [0.15, 0.2) is 0 Å². The number of phenols is 1. The molecule has 0 saturated heterocycles. The van der Waals surface area contributed by atoms with Crippen molar-refractivity contribution in [3.8, 4) is 34.1 Å². The number of carbonyl (C=O) groups excluding carboxylic acids is 2. The van der Waals surface area contributed by atoms with Gasteiger partial charge in [-0.25, -0.2) is 9.97 Å². The van der Waals surface area contributed by atoms with Crippen LogP contribution in [-0.4, -0.2) is 39.0 Å². The van der Waals surface area contributed by atoms with E-state index in [1.807, 2.05) is 6.07 Å². The molecule has 5 rings (SSSR count). The quantitative estimate of drug-likeness (QED) is 0.285. The number of rotatable bonds is 6. The first-order chi connectivity index (χ1) is 17.4. The Hall–Kier alpha value is -5.18. The van der Waals surface area contributed by atoms with Crippen molar-refractivity contribution in [2.75, 3.05) is 12.4 Å². The summed E-state index contributed by atoms with van der Waals surface area (Å²) >= 11 is 0. The minimum Gasteiger partial charge on any atom is -0.507 e. The molecule has 2 heterocycles. The van der Waals surface area contributed by atoms with Crippen molar-refractivity contribution >= 4 is 28.5 Å². The van der Waals surface area contributed by atoms with Crippen LogP contribution in [-0.2, 0) is 0 Å². The van der Waals surface area contributed by atoms with Crippen LogP contribution in [0.4, 0.5) is 5.69 Å². The molecule has 0 fully saturated rings. The summed E-state index contributed by atoms with van der Waals surface area (Å²) in [5.41, 5.74) is 9.55. The number of aromatic nitrogens is 3. The van der Waals surface area contributed by atoms with E-state index in [0.29, 0.717) is 39.6 Å². The maximum atomic E-state index is 12.9. The Morgan fingerprint density at radius 2 is 1.83 bits per heavy atom. The lowest BCUT2D eigenvalue weighted by atomic mass is 10.0. The molecule has 9 nitrogen and oxygen atoms in total. The van der Waals surface area contributed by atoms with Gasteiger partial charge in [0.2, 0.25) is 5.88 Å². The zero-order valence-electron chi connectivity index (χ0n) is 19.1. The highest BCUT2D eigenvalue weighted by atomic mass is 16.5. The van der Waals surface area contributed by atoms with E-state index in [2.05, 4.69) is 20.3 Å². The Morgan fingerprint density at radius 1 is 1.00 bits per heavy atom. The lowest BCUT2D eigenvalue weighted by molar-refractivity contribution is 0.100. The summed E-state index contributed by atoms with van der Waals surface area (Å²) in [6.07, 6.45) is 1.64. The highest BCUT2D eigenvalue weighted by Gasteiger charge is 2.16. The van der Waals surface area contributed by atoms with Crippen LogP contribution in [0.25, 0.3) is 33.5 Å². The molecule has 2 amide bonds. The van der Waals surface area contributed by atoms with Gasteiger partial charge in [-0.2, -0.15) is 0 Å². The van der Waals surface area contributed by atoms with Crippen molar-refractivity contribution in [3.63, 3.8) is 0 Å². The summed E-state index contributed by atoms with van der Waals surface area (Å²) < 4.78 is 5.36. The fraction of sp³-hybridized carbons (Fsp3) is 0.0370. The summed E-state index contributed by atoms with van der Waals surface area (Å²) in [7, 11) is 1.55. The maximum Gasteiger partial charge on any atom is 0.255 e. The van der Waals surface area contributed by atoms with E-state index in [1.54, 1.807) is 80.0 Å². The number of H-pyrrole nitrogens is 1. The first-order valence-electron chi connectivity index (χ1n) is 11.0. The van der Waals surface area contributed by atoms with Crippen LogP contribution in [0.15, 0.2) is 79.0 Å². The smallest absolute Gasteiger partial charge is 0.255 e. The van der Waals surface area contributed by atoms with Gasteiger partial charge < -0.3 is 25.9 Å². The Kier molecular flexibility index (Phi) is 5.79. The van der Waals surface area contributed by atoms with Crippen LogP contribution < -0.4 is 15.8 Å². The van der Waals surface area contributed by atoms with Gasteiger partial charge in [0, 0.05) is 17.3 Å². The van der Waals surface area contributed by atoms with Crippen molar-refractivity contribution in [2.24, 2.45) is 5.73 Å². The molecule has 0 aliphatic carbocycles. The first kappa shape index (κ1) is 22.6. The molecule has 0 saturated carbocycles. The number of imidazole rings is 1. The summed E-state index contributed by atoms with van der Waals surface area (Å²) in [6.45, 7) is 0.